The van der Waals surface area contributed by atoms with Crippen LogP contribution in [0.5, 0.6) is 5.75 Å². The lowest BCUT2D eigenvalue weighted by Crippen LogP contribution is -2.14. The van der Waals surface area contributed by atoms with Gasteiger partial charge in [-0.05, 0) is 30.3 Å². The summed E-state index contributed by atoms with van der Waals surface area (Å²) < 4.78 is 5.25. The van der Waals surface area contributed by atoms with Gasteiger partial charge < -0.3 is 10.1 Å². The highest BCUT2D eigenvalue weighted by molar-refractivity contribution is 8.00. The molecule has 116 valence electrons. The third kappa shape index (κ3) is 4.18. The van der Waals surface area contributed by atoms with E-state index < -0.39 is 0 Å². The van der Waals surface area contributed by atoms with E-state index in [0.717, 1.165) is 4.90 Å². The second-order valence-electron chi connectivity index (χ2n) is 4.96. The fourth-order valence-electron chi connectivity index (χ4n) is 1.98. The van der Waals surface area contributed by atoms with E-state index in [-0.39, 0.29) is 5.91 Å². The summed E-state index contributed by atoms with van der Waals surface area (Å²) in [4.78, 5) is 13.5. The smallest absolute Gasteiger partial charge is 0.256 e. The summed E-state index contributed by atoms with van der Waals surface area (Å²) in [5, 5.41) is 3.81. The molecule has 0 fully saturated rings. The molecule has 2 aromatic carbocycles. The number of benzene rings is 2. The normalized spacial score (nSPS) is 10.6. The Bertz CT molecular complexity index is 673. The number of nitrogens with one attached hydrogen (secondary N) is 1. The van der Waals surface area contributed by atoms with E-state index in [4.69, 9.17) is 16.3 Å². The summed E-state index contributed by atoms with van der Waals surface area (Å²) in [7, 11) is 1.56. The molecule has 1 amide bonds. The first-order valence-corrected chi connectivity index (χ1v) is 8.17. The SMILES string of the molecule is COc1ccc(Cl)cc1NC(=O)c1ccccc1SC(C)C. The predicted molar refractivity (Wildman–Crippen MR) is 93.4 cm³/mol. The summed E-state index contributed by atoms with van der Waals surface area (Å²) >= 11 is 7.65. The van der Waals surface area contributed by atoms with E-state index in [0.29, 0.717) is 27.3 Å². The quantitative estimate of drug-likeness (QED) is 0.772. The largest absolute Gasteiger partial charge is 0.495 e. The van der Waals surface area contributed by atoms with Crippen molar-refractivity contribution in [3.63, 3.8) is 0 Å². The van der Waals surface area contributed by atoms with Gasteiger partial charge in [0.15, 0.2) is 0 Å². The lowest BCUT2D eigenvalue weighted by Gasteiger charge is -2.13. The van der Waals surface area contributed by atoms with E-state index in [2.05, 4.69) is 19.2 Å². The van der Waals surface area contributed by atoms with Gasteiger partial charge in [-0.2, -0.15) is 0 Å². The molecule has 0 saturated carbocycles. The number of carbonyl (C=O) groups excluding carboxylic acids is 1. The molecule has 0 aliphatic rings. The second-order valence-corrected chi connectivity index (χ2v) is 7.02. The number of halogens is 1. The predicted octanol–water partition coefficient (Wildman–Crippen LogP) is 5.10. The molecule has 0 bridgehead atoms. The van der Waals surface area contributed by atoms with Crippen LogP contribution in [0.25, 0.3) is 0 Å². The van der Waals surface area contributed by atoms with Crippen LogP contribution >= 0.6 is 23.4 Å². The highest BCUT2D eigenvalue weighted by Crippen LogP contribution is 2.30. The molecule has 0 unspecified atom stereocenters. The van der Waals surface area contributed by atoms with E-state index in [1.165, 1.54) is 0 Å². The second kappa shape index (κ2) is 7.56. The highest BCUT2D eigenvalue weighted by Gasteiger charge is 2.14. The fourth-order valence-corrected chi connectivity index (χ4v) is 3.10. The Morgan fingerprint density at radius 3 is 2.64 bits per heavy atom. The minimum absolute atomic E-state index is 0.177. The molecule has 0 aliphatic heterocycles. The summed E-state index contributed by atoms with van der Waals surface area (Å²) in [5.41, 5.74) is 1.20. The first kappa shape index (κ1) is 16.7. The summed E-state index contributed by atoms with van der Waals surface area (Å²) in [6.45, 7) is 4.19. The number of hydrogen-bond acceptors (Lipinski definition) is 3. The van der Waals surface area contributed by atoms with E-state index in [9.17, 15) is 4.79 Å². The van der Waals surface area contributed by atoms with Crippen LogP contribution in [0.2, 0.25) is 5.02 Å². The molecule has 2 aromatic rings. The van der Waals surface area contributed by atoms with Crippen LogP contribution in [0.3, 0.4) is 0 Å². The highest BCUT2D eigenvalue weighted by atomic mass is 35.5. The molecule has 0 atom stereocenters. The van der Waals surface area contributed by atoms with Crippen LogP contribution < -0.4 is 10.1 Å². The van der Waals surface area contributed by atoms with Gasteiger partial charge >= 0.3 is 0 Å². The Morgan fingerprint density at radius 1 is 1.23 bits per heavy atom. The van der Waals surface area contributed by atoms with Crippen LogP contribution in [0, 0.1) is 0 Å². The minimum Gasteiger partial charge on any atom is -0.495 e. The van der Waals surface area contributed by atoms with Crippen molar-refractivity contribution in [2.24, 2.45) is 0 Å². The minimum atomic E-state index is -0.177. The maximum atomic E-state index is 12.6. The molecule has 0 radical (unpaired) electrons. The van der Waals surface area contributed by atoms with Crippen LogP contribution in [0.1, 0.15) is 24.2 Å². The van der Waals surface area contributed by atoms with Crippen LogP contribution in [-0.4, -0.2) is 18.3 Å². The molecule has 0 saturated heterocycles. The summed E-state index contributed by atoms with van der Waals surface area (Å²) in [6, 6.07) is 12.7. The Balaban J connectivity index is 2.28. The van der Waals surface area contributed by atoms with Crippen molar-refractivity contribution >= 4 is 35.0 Å². The van der Waals surface area contributed by atoms with Crippen molar-refractivity contribution in [1.29, 1.82) is 0 Å². The van der Waals surface area contributed by atoms with Crippen LogP contribution in [0.15, 0.2) is 47.4 Å². The summed E-state index contributed by atoms with van der Waals surface area (Å²) in [5.74, 6) is 0.399. The molecule has 0 aliphatic carbocycles. The van der Waals surface area contributed by atoms with E-state index >= 15 is 0 Å². The average Bonchev–Trinajstić information content (AvgIpc) is 2.47. The monoisotopic (exact) mass is 335 g/mol. The Morgan fingerprint density at radius 2 is 1.95 bits per heavy atom. The lowest BCUT2D eigenvalue weighted by atomic mass is 10.2. The Hall–Kier alpha value is -1.65. The van der Waals surface area contributed by atoms with E-state index in [1.807, 2.05) is 24.3 Å². The van der Waals surface area contributed by atoms with E-state index in [1.54, 1.807) is 37.1 Å². The van der Waals surface area contributed by atoms with Gasteiger partial charge in [0.2, 0.25) is 0 Å². The molecule has 0 aromatic heterocycles. The number of carbonyl (C=O) groups is 1. The number of rotatable bonds is 5. The van der Waals surface area contributed by atoms with Crippen molar-refractivity contribution in [1.82, 2.24) is 0 Å². The first-order valence-electron chi connectivity index (χ1n) is 6.92. The van der Waals surface area contributed by atoms with Crippen molar-refractivity contribution in [3.8, 4) is 5.75 Å². The molecule has 1 N–H and O–H groups in total. The topological polar surface area (TPSA) is 38.3 Å². The third-order valence-electron chi connectivity index (χ3n) is 2.90. The number of methoxy groups -OCH3 is 1. The van der Waals surface area contributed by atoms with Gasteiger partial charge in [0.25, 0.3) is 5.91 Å². The van der Waals surface area contributed by atoms with Gasteiger partial charge in [0.1, 0.15) is 5.75 Å². The van der Waals surface area contributed by atoms with Gasteiger partial charge in [0.05, 0.1) is 18.4 Å². The Kier molecular flexibility index (Phi) is 5.75. The zero-order valence-corrected chi connectivity index (χ0v) is 14.3. The molecular weight excluding hydrogens is 318 g/mol. The van der Waals surface area contributed by atoms with Crippen molar-refractivity contribution in [2.75, 3.05) is 12.4 Å². The maximum absolute atomic E-state index is 12.6. The molecule has 3 nitrogen and oxygen atoms in total. The first-order chi connectivity index (χ1) is 10.5. The third-order valence-corrected chi connectivity index (χ3v) is 4.22. The zero-order chi connectivity index (χ0) is 16.1. The average molecular weight is 336 g/mol. The zero-order valence-electron chi connectivity index (χ0n) is 12.7. The van der Waals surface area contributed by atoms with Crippen molar-refractivity contribution in [2.45, 2.75) is 24.0 Å². The molecule has 22 heavy (non-hydrogen) atoms. The molecule has 0 spiro atoms. The van der Waals surface area contributed by atoms with Crippen molar-refractivity contribution in [3.05, 3.63) is 53.1 Å². The molecular formula is C17H18ClNO2S. The number of anilines is 1. The maximum Gasteiger partial charge on any atom is 0.256 e. The molecule has 0 heterocycles. The summed E-state index contributed by atoms with van der Waals surface area (Å²) in [6.07, 6.45) is 0. The Labute approximate surface area is 140 Å². The number of hydrogen-bond donors (Lipinski definition) is 1. The number of amides is 1. The van der Waals surface area contributed by atoms with Crippen LogP contribution in [-0.2, 0) is 0 Å². The molecule has 2 rings (SSSR count). The van der Waals surface area contributed by atoms with Crippen molar-refractivity contribution < 1.29 is 9.53 Å². The standard InChI is InChI=1S/C17H18ClNO2S/c1-11(2)22-16-7-5-4-6-13(16)17(20)19-14-10-12(18)8-9-15(14)21-3/h4-11H,1-3H3,(H,19,20). The van der Waals surface area contributed by atoms with Crippen LogP contribution in [0.4, 0.5) is 5.69 Å². The van der Waals surface area contributed by atoms with Gasteiger partial charge in [-0.3, -0.25) is 4.79 Å². The molecule has 5 heteroatoms. The fraction of sp³-hybridized carbons (Fsp3) is 0.235. The van der Waals surface area contributed by atoms with Gasteiger partial charge in [-0.15, -0.1) is 11.8 Å². The number of ether oxygens (including phenoxy) is 1. The number of thioether (sulfide) groups is 1. The van der Waals surface area contributed by atoms with Gasteiger partial charge in [0, 0.05) is 15.2 Å². The lowest BCUT2D eigenvalue weighted by molar-refractivity contribution is 0.102. The van der Waals surface area contributed by atoms with Gasteiger partial charge in [-0.25, -0.2) is 0 Å². The van der Waals surface area contributed by atoms with Gasteiger partial charge in [-0.1, -0.05) is 37.6 Å².